The van der Waals surface area contributed by atoms with E-state index in [0.29, 0.717) is 25.8 Å². The molecule has 7 heteroatoms. The smallest absolute Gasteiger partial charge is 0.407 e. The van der Waals surface area contributed by atoms with Gasteiger partial charge in [-0.1, -0.05) is 67.6 Å². The SMILES string of the molecule is CCCN(CC(=O)O)C(=O)C1CC=CC(NC(=O)OCC2c3ccccc3-c3ccccc32)C1. The molecule has 2 aromatic carbocycles. The number of ether oxygens (including phenoxy) is 1. The van der Waals surface area contributed by atoms with Gasteiger partial charge in [-0.25, -0.2) is 4.79 Å². The second-order valence-electron chi connectivity index (χ2n) is 8.83. The maximum atomic E-state index is 12.9. The number of carbonyl (C=O) groups is 3. The van der Waals surface area contributed by atoms with Crippen LogP contribution < -0.4 is 5.32 Å². The Bertz CT molecular complexity index is 1050. The van der Waals surface area contributed by atoms with E-state index in [9.17, 15) is 14.4 Å². The number of fused-ring (bicyclic) bond motifs is 3. The number of carbonyl (C=O) groups excluding carboxylic acids is 2. The minimum atomic E-state index is -1.03. The third-order valence-corrected chi connectivity index (χ3v) is 6.45. The van der Waals surface area contributed by atoms with Crippen molar-refractivity contribution in [3.63, 3.8) is 0 Å². The highest BCUT2D eigenvalue weighted by Crippen LogP contribution is 2.44. The Hall–Kier alpha value is -3.61. The first-order valence-corrected chi connectivity index (χ1v) is 11.8. The molecule has 2 amide bonds. The molecule has 2 atom stereocenters. The molecule has 34 heavy (non-hydrogen) atoms. The van der Waals surface area contributed by atoms with E-state index in [1.165, 1.54) is 16.0 Å². The number of aliphatic carboxylic acids is 1. The number of benzene rings is 2. The van der Waals surface area contributed by atoms with Crippen molar-refractivity contribution < 1.29 is 24.2 Å². The quantitative estimate of drug-likeness (QED) is 0.574. The third kappa shape index (κ3) is 5.14. The molecule has 0 fully saturated rings. The van der Waals surface area contributed by atoms with E-state index in [1.54, 1.807) is 0 Å². The molecule has 0 heterocycles. The summed E-state index contributed by atoms with van der Waals surface area (Å²) in [5.74, 6) is -1.60. The fourth-order valence-corrected chi connectivity index (χ4v) is 4.95. The Morgan fingerprint density at radius 1 is 1.06 bits per heavy atom. The Labute approximate surface area is 199 Å². The molecule has 178 valence electrons. The molecule has 2 aliphatic rings. The molecular formula is C27H30N2O5. The number of rotatable bonds is 8. The first kappa shape index (κ1) is 23.5. The highest BCUT2D eigenvalue weighted by atomic mass is 16.5. The van der Waals surface area contributed by atoms with Gasteiger partial charge >= 0.3 is 12.1 Å². The molecule has 0 aliphatic heterocycles. The summed E-state index contributed by atoms with van der Waals surface area (Å²) in [6.45, 7) is 2.22. The number of nitrogens with one attached hydrogen (secondary N) is 1. The van der Waals surface area contributed by atoms with E-state index in [-0.39, 0.29) is 36.9 Å². The van der Waals surface area contributed by atoms with Crippen LogP contribution in [0.3, 0.4) is 0 Å². The number of nitrogens with zero attached hydrogens (tertiary/aromatic N) is 1. The average molecular weight is 463 g/mol. The van der Waals surface area contributed by atoms with Crippen molar-refractivity contribution in [2.75, 3.05) is 19.7 Å². The maximum Gasteiger partial charge on any atom is 0.407 e. The minimum Gasteiger partial charge on any atom is -0.480 e. The van der Waals surface area contributed by atoms with Crippen LogP contribution >= 0.6 is 0 Å². The van der Waals surface area contributed by atoms with Gasteiger partial charge in [0.05, 0.1) is 6.04 Å². The Kier molecular flexibility index (Phi) is 7.30. The van der Waals surface area contributed by atoms with Crippen molar-refractivity contribution in [1.29, 1.82) is 0 Å². The second-order valence-corrected chi connectivity index (χ2v) is 8.83. The zero-order valence-electron chi connectivity index (χ0n) is 19.3. The van der Waals surface area contributed by atoms with Crippen molar-refractivity contribution in [3.05, 3.63) is 71.8 Å². The van der Waals surface area contributed by atoms with Crippen LogP contribution in [0.5, 0.6) is 0 Å². The second kappa shape index (κ2) is 10.5. The van der Waals surface area contributed by atoms with Crippen LogP contribution in [0.25, 0.3) is 11.1 Å². The maximum absolute atomic E-state index is 12.9. The molecule has 0 radical (unpaired) electrons. The lowest BCUT2D eigenvalue weighted by Gasteiger charge is -2.29. The van der Waals surface area contributed by atoms with Gasteiger partial charge in [-0.3, -0.25) is 9.59 Å². The van der Waals surface area contributed by atoms with Crippen LogP contribution in [0.2, 0.25) is 0 Å². The minimum absolute atomic E-state index is 0.0204. The molecule has 2 N–H and O–H groups in total. The third-order valence-electron chi connectivity index (χ3n) is 6.45. The van der Waals surface area contributed by atoms with Gasteiger partial charge in [-0.05, 0) is 41.5 Å². The summed E-state index contributed by atoms with van der Waals surface area (Å²) in [5.41, 5.74) is 4.63. The highest BCUT2D eigenvalue weighted by molar-refractivity contribution is 5.83. The molecule has 2 aromatic rings. The van der Waals surface area contributed by atoms with Gasteiger partial charge in [0.1, 0.15) is 13.2 Å². The summed E-state index contributed by atoms with van der Waals surface area (Å²) in [6, 6.07) is 16.0. The largest absolute Gasteiger partial charge is 0.480 e. The average Bonchev–Trinajstić information content (AvgIpc) is 3.16. The van der Waals surface area contributed by atoms with Gasteiger partial charge in [-0.2, -0.15) is 0 Å². The van der Waals surface area contributed by atoms with Crippen molar-refractivity contribution in [3.8, 4) is 11.1 Å². The number of alkyl carbamates (subject to hydrolysis) is 1. The molecule has 0 spiro atoms. The van der Waals surface area contributed by atoms with E-state index < -0.39 is 12.1 Å². The number of amides is 2. The Morgan fingerprint density at radius 2 is 1.71 bits per heavy atom. The molecule has 0 aromatic heterocycles. The molecular weight excluding hydrogens is 432 g/mol. The molecule has 4 rings (SSSR count). The molecule has 2 unspecified atom stereocenters. The zero-order valence-corrected chi connectivity index (χ0v) is 19.3. The van der Waals surface area contributed by atoms with Crippen LogP contribution in [0.4, 0.5) is 4.79 Å². The van der Waals surface area contributed by atoms with E-state index in [0.717, 1.165) is 11.1 Å². The van der Waals surface area contributed by atoms with E-state index >= 15 is 0 Å². The molecule has 2 aliphatic carbocycles. The predicted molar refractivity (Wildman–Crippen MR) is 128 cm³/mol. The fourth-order valence-electron chi connectivity index (χ4n) is 4.95. The number of hydrogen-bond acceptors (Lipinski definition) is 4. The van der Waals surface area contributed by atoms with Crippen molar-refractivity contribution in [1.82, 2.24) is 10.2 Å². The van der Waals surface area contributed by atoms with Gasteiger partial charge < -0.3 is 20.1 Å². The van der Waals surface area contributed by atoms with E-state index in [1.807, 2.05) is 43.3 Å². The normalized spacial score (nSPS) is 18.6. The molecule has 0 saturated carbocycles. The Morgan fingerprint density at radius 3 is 2.32 bits per heavy atom. The van der Waals surface area contributed by atoms with Gasteiger partial charge in [0.15, 0.2) is 0 Å². The summed E-state index contributed by atoms with van der Waals surface area (Å²) in [7, 11) is 0. The zero-order chi connectivity index (χ0) is 24.1. The fraction of sp³-hybridized carbons (Fsp3) is 0.370. The lowest BCUT2D eigenvalue weighted by Crippen LogP contribution is -2.44. The van der Waals surface area contributed by atoms with Crippen LogP contribution in [0.15, 0.2) is 60.7 Å². The first-order chi connectivity index (χ1) is 16.5. The van der Waals surface area contributed by atoms with Gasteiger partial charge in [0, 0.05) is 18.4 Å². The molecule has 0 saturated heterocycles. The number of carboxylic acid groups (broad SMARTS) is 1. The standard InChI is InChI=1S/C27H30N2O5/c1-2-14-29(16-25(30)31)26(32)18-8-7-9-19(15-18)28-27(33)34-17-24-22-12-5-3-10-20(22)21-11-4-6-13-23(21)24/h3-7,9-13,18-19,24H,2,8,14-17H2,1H3,(H,28,33)(H,30,31). The molecule has 7 nitrogen and oxygen atoms in total. The topological polar surface area (TPSA) is 95.9 Å². The summed E-state index contributed by atoms with van der Waals surface area (Å²) in [4.78, 5) is 38.0. The first-order valence-electron chi connectivity index (χ1n) is 11.8. The van der Waals surface area contributed by atoms with Crippen molar-refractivity contribution >= 4 is 18.0 Å². The lowest BCUT2D eigenvalue weighted by atomic mass is 9.89. The monoisotopic (exact) mass is 462 g/mol. The van der Waals surface area contributed by atoms with Gasteiger partial charge in [0.2, 0.25) is 5.91 Å². The number of hydrogen-bond donors (Lipinski definition) is 2. The van der Waals surface area contributed by atoms with Crippen molar-refractivity contribution in [2.45, 2.75) is 38.1 Å². The van der Waals surface area contributed by atoms with Gasteiger partial charge in [0.25, 0.3) is 0 Å². The summed E-state index contributed by atoms with van der Waals surface area (Å²) in [5, 5.41) is 12.0. The van der Waals surface area contributed by atoms with Crippen LogP contribution in [-0.4, -0.2) is 53.7 Å². The summed E-state index contributed by atoms with van der Waals surface area (Å²) >= 11 is 0. The Balaban J connectivity index is 1.35. The van der Waals surface area contributed by atoms with E-state index in [2.05, 4.69) is 29.6 Å². The molecule has 0 bridgehead atoms. The van der Waals surface area contributed by atoms with Crippen LogP contribution in [-0.2, 0) is 14.3 Å². The van der Waals surface area contributed by atoms with E-state index in [4.69, 9.17) is 9.84 Å². The van der Waals surface area contributed by atoms with Gasteiger partial charge in [-0.15, -0.1) is 0 Å². The lowest BCUT2D eigenvalue weighted by molar-refractivity contribution is -0.146. The number of carboxylic acids is 1. The highest BCUT2D eigenvalue weighted by Gasteiger charge is 2.31. The van der Waals surface area contributed by atoms with Crippen molar-refractivity contribution in [2.24, 2.45) is 5.92 Å². The van der Waals surface area contributed by atoms with Crippen LogP contribution in [0, 0.1) is 5.92 Å². The summed E-state index contributed by atoms with van der Waals surface area (Å²) in [6.07, 6.45) is 4.84. The predicted octanol–water partition coefficient (Wildman–Crippen LogP) is 4.18. The number of allylic oxidation sites excluding steroid dienone is 1. The van der Waals surface area contributed by atoms with Crippen LogP contribution in [0.1, 0.15) is 43.2 Å². The summed E-state index contributed by atoms with van der Waals surface area (Å²) < 4.78 is 5.62.